The third-order valence-corrected chi connectivity index (χ3v) is 2.25. The first-order chi connectivity index (χ1) is 7.99. The van der Waals surface area contributed by atoms with Gasteiger partial charge in [0.1, 0.15) is 5.75 Å². The quantitative estimate of drug-likeness (QED) is 0.791. The molecule has 0 aliphatic rings. The molecule has 1 atom stereocenters. The number of carboxylic acid groups (broad SMARTS) is 1. The molecule has 4 heteroatoms. The van der Waals surface area contributed by atoms with Crippen LogP contribution in [0, 0.1) is 0 Å². The SMILES string of the molecule is CC(C)Oc1ccccc1CC(N)CC(=O)O. The molecule has 0 amide bonds. The second kappa shape index (κ2) is 6.25. The fourth-order valence-corrected chi connectivity index (χ4v) is 1.62. The van der Waals surface area contributed by atoms with Gasteiger partial charge in [-0.3, -0.25) is 4.79 Å². The number of rotatable bonds is 6. The molecule has 0 spiro atoms. The predicted molar refractivity (Wildman–Crippen MR) is 66.1 cm³/mol. The van der Waals surface area contributed by atoms with Crippen molar-refractivity contribution in [3.63, 3.8) is 0 Å². The van der Waals surface area contributed by atoms with Crippen molar-refractivity contribution in [3.05, 3.63) is 29.8 Å². The van der Waals surface area contributed by atoms with Crippen molar-refractivity contribution < 1.29 is 14.6 Å². The van der Waals surface area contributed by atoms with Gasteiger partial charge in [0.15, 0.2) is 0 Å². The maximum Gasteiger partial charge on any atom is 0.304 e. The highest BCUT2D eigenvalue weighted by atomic mass is 16.5. The molecule has 0 heterocycles. The van der Waals surface area contributed by atoms with Crippen molar-refractivity contribution in [1.29, 1.82) is 0 Å². The van der Waals surface area contributed by atoms with Gasteiger partial charge in [0, 0.05) is 6.04 Å². The average Bonchev–Trinajstić information content (AvgIpc) is 2.18. The van der Waals surface area contributed by atoms with Crippen LogP contribution in [0.2, 0.25) is 0 Å². The van der Waals surface area contributed by atoms with Crippen LogP contribution in [-0.4, -0.2) is 23.2 Å². The number of hydrogen-bond donors (Lipinski definition) is 2. The van der Waals surface area contributed by atoms with Crippen molar-refractivity contribution in [1.82, 2.24) is 0 Å². The molecule has 94 valence electrons. The molecule has 0 aliphatic heterocycles. The minimum atomic E-state index is -0.875. The summed E-state index contributed by atoms with van der Waals surface area (Å²) in [4.78, 5) is 10.6. The van der Waals surface area contributed by atoms with Crippen molar-refractivity contribution in [3.8, 4) is 5.75 Å². The lowest BCUT2D eigenvalue weighted by Gasteiger charge is -2.16. The molecule has 1 aromatic carbocycles. The molecule has 17 heavy (non-hydrogen) atoms. The number of nitrogens with two attached hydrogens (primary N) is 1. The number of carbonyl (C=O) groups is 1. The summed E-state index contributed by atoms with van der Waals surface area (Å²) < 4.78 is 5.65. The maximum atomic E-state index is 10.6. The van der Waals surface area contributed by atoms with E-state index >= 15 is 0 Å². The van der Waals surface area contributed by atoms with Crippen LogP contribution in [0.5, 0.6) is 5.75 Å². The van der Waals surface area contributed by atoms with E-state index in [9.17, 15) is 4.79 Å². The third kappa shape index (κ3) is 4.87. The Morgan fingerprint density at radius 3 is 2.65 bits per heavy atom. The van der Waals surface area contributed by atoms with Crippen molar-refractivity contribution in [2.24, 2.45) is 5.73 Å². The Kier molecular flexibility index (Phi) is 4.97. The van der Waals surface area contributed by atoms with Crippen LogP contribution in [-0.2, 0) is 11.2 Å². The monoisotopic (exact) mass is 237 g/mol. The lowest BCUT2D eigenvalue weighted by molar-refractivity contribution is -0.137. The van der Waals surface area contributed by atoms with Crippen LogP contribution in [0.1, 0.15) is 25.8 Å². The zero-order chi connectivity index (χ0) is 12.8. The van der Waals surface area contributed by atoms with E-state index in [1.807, 2.05) is 38.1 Å². The normalized spacial score (nSPS) is 12.5. The number of para-hydroxylation sites is 1. The van der Waals surface area contributed by atoms with Crippen LogP contribution >= 0.6 is 0 Å². The molecule has 0 radical (unpaired) electrons. The van der Waals surface area contributed by atoms with Gasteiger partial charge >= 0.3 is 5.97 Å². The van der Waals surface area contributed by atoms with Gasteiger partial charge < -0.3 is 15.6 Å². The first kappa shape index (κ1) is 13.5. The molecule has 0 aromatic heterocycles. The zero-order valence-corrected chi connectivity index (χ0v) is 10.2. The topological polar surface area (TPSA) is 72.5 Å². The van der Waals surface area contributed by atoms with Crippen LogP contribution in [0.25, 0.3) is 0 Å². The van der Waals surface area contributed by atoms with Crippen molar-refractivity contribution in [2.75, 3.05) is 0 Å². The minimum Gasteiger partial charge on any atom is -0.491 e. The minimum absolute atomic E-state index is 0.0317. The molecule has 1 aromatic rings. The van der Waals surface area contributed by atoms with Gasteiger partial charge in [-0.1, -0.05) is 18.2 Å². The number of hydrogen-bond acceptors (Lipinski definition) is 3. The lowest BCUT2D eigenvalue weighted by atomic mass is 10.0. The predicted octanol–water partition coefficient (Wildman–Crippen LogP) is 1.82. The third-order valence-electron chi connectivity index (χ3n) is 2.25. The van der Waals surface area contributed by atoms with Gasteiger partial charge in [-0.25, -0.2) is 0 Å². The smallest absolute Gasteiger partial charge is 0.304 e. The van der Waals surface area contributed by atoms with Crippen LogP contribution in [0.15, 0.2) is 24.3 Å². The van der Waals surface area contributed by atoms with E-state index in [0.717, 1.165) is 11.3 Å². The zero-order valence-electron chi connectivity index (χ0n) is 10.2. The van der Waals surface area contributed by atoms with E-state index < -0.39 is 5.97 Å². The number of aliphatic carboxylic acids is 1. The van der Waals surface area contributed by atoms with E-state index in [-0.39, 0.29) is 18.6 Å². The summed E-state index contributed by atoms with van der Waals surface area (Å²) in [5.41, 5.74) is 6.72. The molecule has 0 aliphatic carbocycles. The Balaban J connectivity index is 2.72. The van der Waals surface area contributed by atoms with Crippen LogP contribution in [0.4, 0.5) is 0 Å². The molecular weight excluding hydrogens is 218 g/mol. The van der Waals surface area contributed by atoms with Crippen molar-refractivity contribution in [2.45, 2.75) is 38.8 Å². The second-order valence-electron chi connectivity index (χ2n) is 4.34. The molecule has 0 fully saturated rings. The van der Waals surface area contributed by atoms with E-state index in [1.54, 1.807) is 0 Å². The second-order valence-corrected chi connectivity index (χ2v) is 4.34. The molecule has 4 nitrogen and oxygen atoms in total. The largest absolute Gasteiger partial charge is 0.491 e. The maximum absolute atomic E-state index is 10.6. The Morgan fingerprint density at radius 2 is 2.06 bits per heavy atom. The van der Waals surface area contributed by atoms with Gasteiger partial charge in [-0.15, -0.1) is 0 Å². The van der Waals surface area contributed by atoms with Crippen LogP contribution < -0.4 is 10.5 Å². The van der Waals surface area contributed by atoms with Gasteiger partial charge in [0.2, 0.25) is 0 Å². The summed E-state index contributed by atoms with van der Waals surface area (Å²) in [6.45, 7) is 3.90. The highest BCUT2D eigenvalue weighted by Crippen LogP contribution is 2.21. The first-order valence-electron chi connectivity index (χ1n) is 5.71. The summed E-state index contributed by atoms with van der Waals surface area (Å²) in [6, 6.07) is 7.20. The van der Waals surface area contributed by atoms with Crippen molar-refractivity contribution >= 4 is 5.97 Å². The summed E-state index contributed by atoms with van der Waals surface area (Å²) in [5.74, 6) is -0.0944. The molecule has 0 saturated carbocycles. The van der Waals surface area contributed by atoms with Gasteiger partial charge in [0.05, 0.1) is 12.5 Å². The highest BCUT2D eigenvalue weighted by Gasteiger charge is 2.12. The number of benzene rings is 1. The Morgan fingerprint density at radius 1 is 1.41 bits per heavy atom. The molecule has 0 bridgehead atoms. The lowest BCUT2D eigenvalue weighted by Crippen LogP contribution is -2.26. The van der Waals surface area contributed by atoms with Gasteiger partial charge in [-0.2, -0.15) is 0 Å². The number of carboxylic acids is 1. The summed E-state index contributed by atoms with van der Waals surface area (Å²) in [6.07, 6.45) is 0.567. The Hall–Kier alpha value is -1.55. The van der Waals surface area contributed by atoms with Gasteiger partial charge in [-0.05, 0) is 31.9 Å². The van der Waals surface area contributed by atoms with E-state index in [1.165, 1.54) is 0 Å². The molecular formula is C13H19NO3. The van der Waals surface area contributed by atoms with Crippen LogP contribution in [0.3, 0.4) is 0 Å². The summed E-state index contributed by atoms with van der Waals surface area (Å²) >= 11 is 0. The summed E-state index contributed by atoms with van der Waals surface area (Å²) in [7, 11) is 0. The highest BCUT2D eigenvalue weighted by molar-refractivity contribution is 5.67. The fourth-order valence-electron chi connectivity index (χ4n) is 1.62. The molecule has 0 saturated heterocycles. The molecule has 3 N–H and O–H groups in total. The first-order valence-corrected chi connectivity index (χ1v) is 5.71. The Labute approximate surface area is 101 Å². The average molecular weight is 237 g/mol. The molecule has 1 unspecified atom stereocenters. The van der Waals surface area contributed by atoms with E-state index in [4.69, 9.17) is 15.6 Å². The standard InChI is InChI=1S/C13H19NO3/c1-9(2)17-12-6-4-3-5-10(12)7-11(14)8-13(15)16/h3-6,9,11H,7-8,14H2,1-2H3,(H,15,16). The van der Waals surface area contributed by atoms with Gasteiger partial charge in [0.25, 0.3) is 0 Å². The molecule has 1 rings (SSSR count). The van der Waals surface area contributed by atoms with E-state index in [0.29, 0.717) is 6.42 Å². The van der Waals surface area contributed by atoms with E-state index in [2.05, 4.69) is 0 Å². The Bertz CT molecular complexity index is 377. The number of ether oxygens (including phenoxy) is 1. The summed E-state index contributed by atoms with van der Waals surface area (Å²) in [5, 5.41) is 8.67. The fraction of sp³-hybridized carbons (Fsp3) is 0.462.